The van der Waals surface area contributed by atoms with Gasteiger partial charge in [0, 0.05) is 25.7 Å². The number of benzene rings is 2. The molecule has 2 aromatic rings. The molecule has 5 atom stereocenters. The molecule has 0 spiro atoms. The van der Waals surface area contributed by atoms with E-state index in [1.165, 1.54) is 16.4 Å². The molecule has 0 aliphatic carbocycles. The average molecular weight is 760 g/mol. The summed E-state index contributed by atoms with van der Waals surface area (Å²) in [6, 6.07) is 12.9. The molecule has 0 radical (unpaired) electrons. The van der Waals surface area contributed by atoms with Crippen molar-refractivity contribution >= 4 is 22.2 Å². The van der Waals surface area contributed by atoms with E-state index in [2.05, 4.69) is 17.2 Å². The largest absolute Gasteiger partial charge is 0.454 e. The first-order valence-corrected chi connectivity index (χ1v) is 19.7. The number of aliphatic hydroxyl groups is 1. The molecule has 3 heterocycles. The zero-order valence-electron chi connectivity index (χ0n) is 30.6. The normalized spacial score (nSPS) is 20.4. The number of amides is 2. The number of unbranched alkanes of at least 4 members (excludes halogenated alkanes) is 2. The predicted octanol–water partition coefficient (Wildman–Crippen LogP) is 4.75. The molecule has 2 amide bonds. The van der Waals surface area contributed by atoms with Crippen molar-refractivity contribution in [2.75, 3.05) is 46.2 Å². The number of hydrogen-bond donors (Lipinski definition) is 3. The average Bonchev–Trinajstić information content (AvgIpc) is 3.88. The smallest absolute Gasteiger partial charge is 0.407 e. The first kappa shape index (κ1) is 40.3. The van der Waals surface area contributed by atoms with Crippen molar-refractivity contribution in [2.24, 2.45) is 11.3 Å². The van der Waals surface area contributed by atoms with E-state index < -0.39 is 52.2 Å². The Balaban J connectivity index is 1.27. The monoisotopic (exact) mass is 759 g/mol. The summed E-state index contributed by atoms with van der Waals surface area (Å²) in [6.45, 7) is 8.83. The topological polar surface area (TPSA) is 171 Å². The summed E-state index contributed by atoms with van der Waals surface area (Å²) < 4.78 is 62.9. The number of aliphatic hydroxyl groups excluding tert-OH is 1. The molecule has 0 aromatic heterocycles. The maximum absolute atomic E-state index is 14.4. The molecule has 292 valence electrons. The first-order valence-electron chi connectivity index (χ1n) is 18.3. The van der Waals surface area contributed by atoms with Crippen molar-refractivity contribution in [2.45, 2.75) is 88.2 Å². The van der Waals surface area contributed by atoms with E-state index in [0.29, 0.717) is 43.9 Å². The third kappa shape index (κ3) is 11.5. The van der Waals surface area contributed by atoms with Crippen LogP contribution in [0.5, 0.6) is 11.5 Å². The number of carbonyl (C=O) groups excluding carboxylic acids is 2. The van der Waals surface area contributed by atoms with Gasteiger partial charge in [-0.15, -0.1) is 6.58 Å². The Kier molecular flexibility index (Phi) is 14.4. The molecule has 5 rings (SSSR count). The molecule has 2 fully saturated rings. The van der Waals surface area contributed by atoms with Gasteiger partial charge in [0.05, 0.1) is 42.8 Å². The van der Waals surface area contributed by atoms with Crippen LogP contribution in [-0.2, 0) is 35.4 Å². The second-order valence-electron chi connectivity index (χ2n) is 14.4. The van der Waals surface area contributed by atoms with Crippen molar-refractivity contribution < 1.29 is 51.5 Å². The van der Waals surface area contributed by atoms with Gasteiger partial charge in [0.15, 0.2) is 17.8 Å². The van der Waals surface area contributed by atoms with E-state index in [0.717, 1.165) is 24.8 Å². The van der Waals surface area contributed by atoms with Crippen molar-refractivity contribution in [3.8, 4) is 11.5 Å². The molecule has 0 bridgehead atoms. The van der Waals surface area contributed by atoms with Gasteiger partial charge < -0.3 is 44.2 Å². The van der Waals surface area contributed by atoms with Crippen molar-refractivity contribution in [3.05, 3.63) is 66.7 Å². The molecular weight excluding hydrogens is 706 g/mol. The Hall–Kier alpha value is -3.89. The van der Waals surface area contributed by atoms with E-state index in [1.54, 1.807) is 12.1 Å². The van der Waals surface area contributed by atoms with Crippen molar-refractivity contribution in [1.29, 1.82) is 0 Å². The van der Waals surface area contributed by atoms with Crippen LogP contribution < -0.4 is 20.1 Å². The van der Waals surface area contributed by atoms with Crippen LogP contribution >= 0.6 is 0 Å². The Morgan fingerprint density at radius 2 is 1.87 bits per heavy atom. The van der Waals surface area contributed by atoms with Gasteiger partial charge in [-0.05, 0) is 55.2 Å². The molecule has 53 heavy (non-hydrogen) atoms. The highest BCUT2D eigenvalue weighted by atomic mass is 32.2. The molecule has 0 unspecified atom stereocenters. The molecular formula is C38H53N3O11S. The minimum atomic E-state index is -4.18. The highest BCUT2D eigenvalue weighted by Gasteiger charge is 2.44. The van der Waals surface area contributed by atoms with Gasteiger partial charge in [0.1, 0.15) is 6.10 Å². The lowest BCUT2D eigenvalue weighted by Gasteiger charge is -2.35. The number of ether oxygens (including phenoxy) is 6. The van der Waals surface area contributed by atoms with Crippen LogP contribution in [0.2, 0.25) is 0 Å². The van der Waals surface area contributed by atoms with Crippen LogP contribution in [0.4, 0.5) is 9.59 Å². The van der Waals surface area contributed by atoms with Crippen molar-refractivity contribution in [1.82, 2.24) is 14.9 Å². The second-order valence-corrected chi connectivity index (χ2v) is 16.3. The quantitative estimate of drug-likeness (QED) is 0.126. The van der Waals surface area contributed by atoms with Gasteiger partial charge >= 0.3 is 12.2 Å². The highest BCUT2D eigenvalue weighted by molar-refractivity contribution is 7.89. The Morgan fingerprint density at radius 3 is 2.66 bits per heavy atom. The molecule has 14 nitrogen and oxygen atoms in total. The van der Waals surface area contributed by atoms with Crippen LogP contribution in [0.15, 0.2) is 66.1 Å². The maximum atomic E-state index is 14.4. The van der Waals surface area contributed by atoms with E-state index in [4.69, 9.17) is 28.4 Å². The number of carbonyl (C=O) groups is 2. The van der Waals surface area contributed by atoms with E-state index in [9.17, 15) is 23.1 Å². The summed E-state index contributed by atoms with van der Waals surface area (Å²) in [6.07, 6.45) is 2.80. The fourth-order valence-corrected chi connectivity index (χ4v) is 8.39. The molecule has 2 saturated heterocycles. The van der Waals surface area contributed by atoms with Crippen LogP contribution in [0.1, 0.15) is 57.9 Å². The lowest BCUT2D eigenvalue weighted by Crippen LogP contribution is -2.52. The fourth-order valence-electron chi connectivity index (χ4n) is 6.73. The summed E-state index contributed by atoms with van der Waals surface area (Å²) in [5, 5.41) is 17.4. The van der Waals surface area contributed by atoms with E-state index >= 15 is 0 Å². The molecule has 15 heteroatoms. The molecule has 3 N–H and O–H groups in total. The lowest BCUT2D eigenvalue weighted by atomic mass is 9.86. The number of rotatable bonds is 20. The van der Waals surface area contributed by atoms with Crippen LogP contribution in [0.3, 0.4) is 0 Å². The zero-order chi connectivity index (χ0) is 37.8. The Labute approximate surface area is 312 Å². The van der Waals surface area contributed by atoms with Gasteiger partial charge in [-0.25, -0.2) is 18.0 Å². The number of sulfonamides is 1. The van der Waals surface area contributed by atoms with Crippen molar-refractivity contribution in [3.63, 3.8) is 0 Å². The maximum Gasteiger partial charge on any atom is 0.407 e. The SMILES string of the molecule is C=CCCOC(=O)NCCCCCC(C)(C)CN(C[C@@H](O)[C@H](Cc1ccccc1)NC(=O)O[C@H]1CO[C@H]2OCC[C@H]21)S(=O)(=O)c1ccc2c(c1)OCO2. The summed E-state index contributed by atoms with van der Waals surface area (Å²) in [7, 11) is -4.18. The number of nitrogens with zero attached hydrogens (tertiary/aromatic N) is 1. The van der Waals surface area contributed by atoms with Gasteiger partial charge in [0.2, 0.25) is 16.8 Å². The number of fused-ring (bicyclic) bond motifs is 2. The number of alkyl carbamates (subject to hydrolysis) is 2. The standard InChI is InChI=1S/C38H53N3O11S/c1-4-5-19-48-36(43)39-18-11-7-10-17-38(2,3)25-41(53(45,46)28-14-15-32-33(22-28)51-26-50-32)23-31(42)30(21-27-12-8-6-9-13-27)40-37(44)52-34-24-49-35-29(34)16-20-47-35/h4,6,8-9,12-15,22,29-31,34-35,42H,1,5,7,10-11,16-21,23-26H2,2-3H3,(H,39,43)(H,40,44)/t29-,30-,31+,34-,35+/m0/s1. The molecule has 3 aliphatic rings. The van der Waals surface area contributed by atoms with Crippen LogP contribution in [0.25, 0.3) is 0 Å². The van der Waals surface area contributed by atoms with Gasteiger partial charge in [-0.3, -0.25) is 0 Å². The zero-order valence-corrected chi connectivity index (χ0v) is 31.4. The Morgan fingerprint density at radius 1 is 1.08 bits per heavy atom. The third-order valence-corrected chi connectivity index (χ3v) is 11.4. The lowest BCUT2D eigenvalue weighted by molar-refractivity contribution is -0.0907. The Bertz CT molecular complexity index is 1620. The molecule has 3 aliphatic heterocycles. The fraction of sp³-hybridized carbons (Fsp3) is 0.579. The van der Waals surface area contributed by atoms with Gasteiger partial charge in [0.25, 0.3) is 0 Å². The highest BCUT2D eigenvalue weighted by Crippen LogP contribution is 2.36. The predicted molar refractivity (Wildman–Crippen MR) is 195 cm³/mol. The van der Waals surface area contributed by atoms with Crippen LogP contribution in [-0.4, -0.2) is 101 Å². The molecule has 0 saturated carbocycles. The summed E-state index contributed by atoms with van der Waals surface area (Å²) in [5.74, 6) is 0.702. The number of hydrogen-bond acceptors (Lipinski definition) is 11. The number of nitrogens with one attached hydrogen (secondary N) is 2. The minimum Gasteiger partial charge on any atom is -0.454 e. The summed E-state index contributed by atoms with van der Waals surface area (Å²) in [4.78, 5) is 25.1. The van der Waals surface area contributed by atoms with E-state index in [1.807, 2.05) is 44.2 Å². The molecule has 2 aromatic carbocycles. The van der Waals surface area contributed by atoms with E-state index in [-0.39, 0.29) is 50.3 Å². The summed E-state index contributed by atoms with van der Waals surface area (Å²) >= 11 is 0. The first-order chi connectivity index (χ1) is 25.4. The third-order valence-electron chi connectivity index (χ3n) is 9.64. The minimum absolute atomic E-state index is 0.00245. The summed E-state index contributed by atoms with van der Waals surface area (Å²) in [5.41, 5.74) is 0.333. The van der Waals surface area contributed by atoms with Crippen LogP contribution in [0, 0.1) is 11.3 Å². The second kappa shape index (κ2) is 18.9. The van der Waals surface area contributed by atoms with Gasteiger partial charge in [-0.2, -0.15) is 4.31 Å². The van der Waals surface area contributed by atoms with Gasteiger partial charge in [-0.1, -0.05) is 63.1 Å².